The van der Waals surface area contributed by atoms with E-state index in [0.29, 0.717) is 24.3 Å². The van der Waals surface area contributed by atoms with Crippen molar-refractivity contribution >= 4 is 39.4 Å². The van der Waals surface area contributed by atoms with Crippen LogP contribution in [0.15, 0.2) is 24.3 Å². The Morgan fingerprint density at radius 3 is 2.57 bits per heavy atom. The summed E-state index contributed by atoms with van der Waals surface area (Å²) in [6.07, 6.45) is 0.322. The second-order valence-corrected chi connectivity index (χ2v) is 11.0. The minimum atomic E-state index is -1.20. The van der Waals surface area contributed by atoms with Gasteiger partial charge in [-0.2, -0.15) is 0 Å². The maximum Gasteiger partial charge on any atom is 0.312 e. The summed E-state index contributed by atoms with van der Waals surface area (Å²) in [6, 6.07) is 5.29. The minimum absolute atomic E-state index is 0.171. The molecule has 35 heavy (non-hydrogen) atoms. The van der Waals surface area contributed by atoms with Gasteiger partial charge in [-0.15, -0.1) is 0 Å². The van der Waals surface area contributed by atoms with Gasteiger partial charge in [-0.25, -0.2) is 0 Å². The lowest BCUT2D eigenvalue weighted by Crippen LogP contribution is -2.56. The Morgan fingerprint density at radius 2 is 2.00 bits per heavy atom. The fourth-order valence-corrected chi connectivity index (χ4v) is 6.92. The van der Waals surface area contributed by atoms with Crippen molar-refractivity contribution in [1.29, 1.82) is 0 Å². The van der Waals surface area contributed by atoms with Gasteiger partial charge in [-0.05, 0) is 49.9 Å². The number of hydrogen-bond acceptors (Lipinski definition) is 7. The molecule has 2 amide bonds. The number of ether oxygens (including phenoxy) is 3. The maximum atomic E-state index is 13.9. The van der Waals surface area contributed by atoms with E-state index in [4.69, 9.17) is 14.2 Å². The number of amides is 2. The number of aliphatic hydroxyl groups is 1. The van der Waals surface area contributed by atoms with Crippen LogP contribution in [-0.2, 0) is 23.9 Å². The standard InChI is InChI=1S/C25H33BrN2O7/c1-5-34-24(32)18-19-23(31)28(15(12-29)10-13(2)3)21(25(19)11-17(26)20(18)35-25)22(30)27-14-6-8-16(33-4)9-7-14/h6-9,13,15,17-21,29H,5,10-12H2,1-4H3,(H,27,30)/t15-,17?,18-,19+,20-,21?,25?/m1/s1. The number of nitrogens with one attached hydrogen (secondary N) is 1. The van der Waals surface area contributed by atoms with Crippen molar-refractivity contribution in [1.82, 2.24) is 4.90 Å². The Kier molecular flexibility index (Phi) is 7.45. The Labute approximate surface area is 213 Å². The molecule has 0 saturated carbocycles. The van der Waals surface area contributed by atoms with Gasteiger partial charge in [0.25, 0.3) is 0 Å². The summed E-state index contributed by atoms with van der Waals surface area (Å²) in [5.74, 6) is -2.12. The summed E-state index contributed by atoms with van der Waals surface area (Å²) in [6.45, 7) is 5.58. The number of anilines is 1. The van der Waals surface area contributed by atoms with E-state index in [-0.39, 0.29) is 29.9 Å². The zero-order valence-electron chi connectivity index (χ0n) is 20.4. The van der Waals surface area contributed by atoms with E-state index in [9.17, 15) is 19.5 Å². The second-order valence-electron chi connectivity index (χ2n) is 9.84. The molecule has 192 valence electrons. The van der Waals surface area contributed by atoms with Crippen LogP contribution in [0, 0.1) is 17.8 Å². The topological polar surface area (TPSA) is 114 Å². The van der Waals surface area contributed by atoms with Crippen LogP contribution in [0.4, 0.5) is 5.69 Å². The predicted octanol–water partition coefficient (Wildman–Crippen LogP) is 2.35. The summed E-state index contributed by atoms with van der Waals surface area (Å²) in [7, 11) is 1.56. The molecule has 9 nitrogen and oxygen atoms in total. The first-order valence-corrected chi connectivity index (χ1v) is 13.0. The molecule has 10 heteroatoms. The normalized spacial score (nSPS) is 32.0. The maximum absolute atomic E-state index is 13.9. The van der Waals surface area contributed by atoms with E-state index in [2.05, 4.69) is 21.2 Å². The van der Waals surface area contributed by atoms with E-state index in [1.54, 1.807) is 38.3 Å². The van der Waals surface area contributed by atoms with Crippen molar-refractivity contribution in [3.63, 3.8) is 0 Å². The molecule has 3 heterocycles. The van der Waals surface area contributed by atoms with E-state index >= 15 is 0 Å². The molecule has 2 N–H and O–H groups in total. The highest BCUT2D eigenvalue weighted by Crippen LogP contribution is 2.60. The van der Waals surface area contributed by atoms with Crippen LogP contribution in [-0.4, -0.2) is 76.7 Å². The summed E-state index contributed by atoms with van der Waals surface area (Å²) in [5.41, 5.74) is -0.661. The third kappa shape index (κ3) is 4.34. The quantitative estimate of drug-likeness (QED) is 0.357. The second kappa shape index (κ2) is 10.1. The Hall–Kier alpha value is -2.17. The van der Waals surface area contributed by atoms with Crippen molar-refractivity contribution in [2.45, 2.75) is 62.2 Å². The molecule has 7 atom stereocenters. The van der Waals surface area contributed by atoms with E-state index in [1.807, 2.05) is 13.8 Å². The first-order chi connectivity index (χ1) is 16.7. The van der Waals surface area contributed by atoms with Gasteiger partial charge >= 0.3 is 5.97 Å². The van der Waals surface area contributed by atoms with Gasteiger partial charge in [0, 0.05) is 10.5 Å². The molecule has 3 aliphatic heterocycles. The lowest BCUT2D eigenvalue weighted by molar-refractivity contribution is -0.155. The van der Waals surface area contributed by atoms with E-state index in [0.717, 1.165) is 0 Å². The molecule has 0 aromatic heterocycles. The summed E-state index contributed by atoms with van der Waals surface area (Å²) >= 11 is 3.62. The largest absolute Gasteiger partial charge is 0.497 e. The molecule has 0 aliphatic carbocycles. The fourth-order valence-electron chi connectivity index (χ4n) is 5.97. The van der Waals surface area contributed by atoms with Crippen molar-refractivity contribution in [2.24, 2.45) is 17.8 Å². The minimum Gasteiger partial charge on any atom is -0.497 e. The van der Waals surface area contributed by atoms with Gasteiger partial charge in [0.05, 0.1) is 44.3 Å². The highest BCUT2D eigenvalue weighted by Gasteiger charge is 2.77. The third-order valence-corrected chi connectivity index (χ3v) is 8.08. The van der Waals surface area contributed by atoms with Gasteiger partial charge in [-0.1, -0.05) is 29.8 Å². The van der Waals surface area contributed by atoms with Gasteiger partial charge in [0.15, 0.2) is 0 Å². The number of alkyl halides is 1. The molecule has 1 aromatic carbocycles. The Morgan fingerprint density at radius 1 is 1.31 bits per heavy atom. The monoisotopic (exact) mass is 552 g/mol. The first kappa shape index (κ1) is 25.9. The number of nitrogens with zero attached hydrogens (tertiary/aromatic N) is 1. The summed E-state index contributed by atoms with van der Waals surface area (Å²) < 4.78 is 16.9. The van der Waals surface area contributed by atoms with Crippen LogP contribution in [0.3, 0.4) is 0 Å². The Balaban J connectivity index is 1.75. The third-order valence-electron chi connectivity index (χ3n) is 7.24. The van der Waals surface area contributed by atoms with Crippen LogP contribution in [0.5, 0.6) is 5.75 Å². The number of halogens is 1. The van der Waals surface area contributed by atoms with Gasteiger partial charge in [0.1, 0.15) is 17.4 Å². The number of fused-ring (bicyclic) bond motifs is 1. The number of carbonyl (C=O) groups is 3. The first-order valence-electron chi connectivity index (χ1n) is 12.0. The molecule has 3 aliphatic rings. The van der Waals surface area contributed by atoms with Crippen molar-refractivity contribution in [3.8, 4) is 5.75 Å². The van der Waals surface area contributed by atoms with Gasteiger partial charge in [0.2, 0.25) is 11.8 Å². The van der Waals surface area contributed by atoms with Gasteiger partial charge in [-0.3, -0.25) is 14.4 Å². The number of aliphatic hydroxyl groups excluding tert-OH is 1. The molecule has 1 aromatic rings. The molecule has 0 radical (unpaired) electrons. The van der Waals surface area contributed by atoms with Gasteiger partial charge < -0.3 is 29.5 Å². The van der Waals surface area contributed by atoms with Crippen molar-refractivity contribution < 1.29 is 33.7 Å². The van der Waals surface area contributed by atoms with Crippen LogP contribution < -0.4 is 10.1 Å². The molecule has 3 saturated heterocycles. The summed E-state index contributed by atoms with van der Waals surface area (Å²) in [4.78, 5) is 42.0. The molecule has 3 unspecified atom stereocenters. The summed E-state index contributed by atoms with van der Waals surface area (Å²) in [5, 5.41) is 13.2. The number of rotatable bonds is 9. The lowest BCUT2D eigenvalue weighted by atomic mass is 9.70. The highest BCUT2D eigenvalue weighted by atomic mass is 79.9. The average Bonchev–Trinajstić information content (AvgIpc) is 3.41. The average molecular weight is 553 g/mol. The predicted molar refractivity (Wildman–Crippen MR) is 131 cm³/mol. The number of esters is 1. The molecule has 1 spiro atoms. The van der Waals surface area contributed by atoms with Crippen molar-refractivity contribution in [3.05, 3.63) is 24.3 Å². The molecular weight excluding hydrogens is 520 g/mol. The highest BCUT2D eigenvalue weighted by molar-refractivity contribution is 9.09. The molecule has 3 fully saturated rings. The van der Waals surface area contributed by atoms with E-state index < -0.39 is 47.5 Å². The number of likely N-dealkylation sites (tertiary alicyclic amines) is 1. The van der Waals surface area contributed by atoms with Crippen LogP contribution >= 0.6 is 15.9 Å². The molecule has 4 rings (SSSR count). The number of methoxy groups -OCH3 is 1. The Bertz CT molecular complexity index is 971. The molecular formula is C25H33BrN2O7. The SMILES string of the molecule is CCOC(=O)[C@H]1[C@@H]2OC3(CC2Br)C(C(=O)Nc2ccc(OC)cc2)N([C@@H](CO)CC(C)C)C(=O)[C@H]13. The van der Waals surface area contributed by atoms with E-state index in [1.165, 1.54) is 4.90 Å². The zero-order chi connectivity index (χ0) is 25.5. The van der Waals surface area contributed by atoms with Crippen LogP contribution in [0.1, 0.15) is 33.6 Å². The fraction of sp³-hybridized carbons (Fsp3) is 0.640. The number of hydrogen-bond donors (Lipinski definition) is 2. The molecule has 2 bridgehead atoms. The van der Waals surface area contributed by atoms with Crippen LogP contribution in [0.25, 0.3) is 0 Å². The zero-order valence-corrected chi connectivity index (χ0v) is 22.0. The number of benzene rings is 1. The van der Waals surface area contributed by atoms with Crippen molar-refractivity contribution in [2.75, 3.05) is 25.6 Å². The smallest absolute Gasteiger partial charge is 0.312 e. The lowest BCUT2D eigenvalue weighted by Gasteiger charge is -2.37. The van der Waals surface area contributed by atoms with Crippen LogP contribution in [0.2, 0.25) is 0 Å². The number of carbonyl (C=O) groups excluding carboxylic acids is 3.